The van der Waals surface area contributed by atoms with Crippen molar-refractivity contribution in [2.75, 3.05) is 6.54 Å². The number of nitrogens with one attached hydrogen (secondary N) is 1. The summed E-state index contributed by atoms with van der Waals surface area (Å²) in [6, 6.07) is -0.883. The molecule has 22 heavy (non-hydrogen) atoms. The van der Waals surface area contributed by atoms with Crippen LogP contribution in [0, 0.1) is 17.8 Å². The third-order valence-corrected chi connectivity index (χ3v) is 3.91. The fraction of sp³-hybridized carbons (Fsp3) is 0.533. The summed E-state index contributed by atoms with van der Waals surface area (Å²) in [6.07, 6.45) is 4.62. The van der Waals surface area contributed by atoms with Gasteiger partial charge in [-0.25, -0.2) is 0 Å². The summed E-state index contributed by atoms with van der Waals surface area (Å²) >= 11 is 0. The van der Waals surface area contributed by atoms with E-state index >= 15 is 0 Å². The van der Waals surface area contributed by atoms with Gasteiger partial charge in [0.05, 0.1) is 12.3 Å². The number of aliphatic carboxylic acids is 3. The Morgan fingerprint density at radius 3 is 2.41 bits per heavy atom. The minimum atomic E-state index is -1.06. The third kappa shape index (κ3) is 4.70. The predicted octanol–water partition coefficient (Wildman–Crippen LogP) is 0.973. The van der Waals surface area contributed by atoms with Crippen LogP contribution in [-0.2, 0) is 14.4 Å². The molecule has 0 aliphatic carbocycles. The quantitative estimate of drug-likeness (QED) is 0.516. The van der Waals surface area contributed by atoms with Crippen LogP contribution >= 0.6 is 0 Å². The van der Waals surface area contributed by atoms with Gasteiger partial charge in [-0.15, -0.1) is 0 Å². The highest BCUT2D eigenvalue weighted by Gasteiger charge is 2.41. The maximum Gasteiger partial charge on any atom is 0.321 e. The zero-order valence-corrected chi connectivity index (χ0v) is 12.5. The van der Waals surface area contributed by atoms with Crippen LogP contribution < -0.4 is 5.32 Å². The minimum Gasteiger partial charge on any atom is -0.481 e. The van der Waals surface area contributed by atoms with Crippen molar-refractivity contribution in [2.24, 2.45) is 17.8 Å². The number of carboxylic acids is 3. The monoisotopic (exact) mass is 311 g/mol. The van der Waals surface area contributed by atoms with E-state index < -0.39 is 35.8 Å². The first-order valence-corrected chi connectivity index (χ1v) is 6.99. The lowest BCUT2D eigenvalue weighted by molar-refractivity contribution is -0.142. The van der Waals surface area contributed by atoms with Crippen LogP contribution in [0.15, 0.2) is 23.8 Å². The number of carboxylic acid groups (broad SMARTS) is 3. The number of hydrogen-bond acceptors (Lipinski definition) is 4. The molecule has 0 amide bonds. The largest absolute Gasteiger partial charge is 0.481 e. The summed E-state index contributed by atoms with van der Waals surface area (Å²) < 4.78 is 0. The second kappa shape index (κ2) is 7.74. The fourth-order valence-electron chi connectivity index (χ4n) is 2.60. The molecule has 1 rings (SSSR count). The molecule has 1 aliphatic rings. The zero-order valence-electron chi connectivity index (χ0n) is 12.5. The van der Waals surface area contributed by atoms with Crippen molar-refractivity contribution in [3.63, 3.8) is 0 Å². The van der Waals surface area contributed by atoms with Crippen LogP contribution in [-0.4, -0.2) is 45.8 Å². The van der Waals surface area contributed by atoms with E-state index in [1.165, 1.54) is 6.08 Å². The Labute approximate surface area is 128 Å². The lowest BCUT2D eigenvalue weighted by Gasteiger charge is -2.20. The molecule has 7 heteroatoms. The van der Waals surface area contributed by atoms with E-state index in [4.69, 9.17) is 15.3 Å². The van der Waals surface area contributed by atoms with Crippen molar-refractivity contribution >= 4 is 17.9 Å². The van der Waals surface area contributed by atoms with E-state index in [2.05, 4.69) is 5.32 Å². The summed E-state index contributed by atoms with van der Waals surface area (Å²) in [5, 5.41) is 29.7. The highest BCUT2D eigenvalue weighted by Crippen LogP contribution is 2.31. The molecule has 1 aliphatic heterocycles. The molecule has 1 fully saturated rings. The van der Waals surface area contributed by atoms with Crippen molar-refractivity contribution in [1.29, 1.82) is 0 Å². The molecule has 122 valence electrons. The van der Waals surface area contributed by atoms with Crippen LogP contribution in [0.25, 0.3) is 0 Å². The second-order valence-corrected chi connectivity index (χ2v) is 5.51. The summed E-state index contributed by atoms with van der Waals surface area (Å²) in [7, 11) is 0. The Hall–Kier alpha value is -2.15. The van der Waals surface area contributed by atoms with Crippen LogP contribution in [0.4, 0.5) is 0 Å². The molecule has 7 nitrogen and oxygen atoms in total. The highest BCUT2D eigenvalue weighted by atomic mass is 16.4. The topological polar surface area (TPSA) is 124 Å². The van der Waals surface area contributed by atoms with Gasteiger partial charge in [-0.05, 0) is 19.8 Å². The number of carbonyl (C=O) groups is 3. The molecule has 0 unspecified atom stereocenters. The molecular weight excluding hydrogens is 290 g/mol. The molecule has 1 heterocycles. The van der Waals surface area contributed by atoms with E-state index in [9.17, 15) is 14.4 Å². The maximum atomic E-state index is 11.2. The minimum absolute atomic E-state index is 0.206. The number of allylic oxidation sites excluding steroid dienone is 2. The standard InChI is InChI=1S/C15H21NO6/c1-8(4-3-5-9(2)14(19)20)11-7-16-13(15(21)22)10(11)6-12(17)18/h3-5,9-11,13,16H,6-7H2,1-2H3,(H,17,18)(H,19,20)(H,21,22)/b5-3-,8-4+/t9-,10-,11+,13-/m0/s1. The lowest BCUT2D eigenvalue weighted by atomic mass is 9.83. The second-order valence-electron chi connectivity index (χ2n) is 5.51. The van der Waals surface area contributed by atoms with Crippen LogP contribution in [0.2, 0.25) is 0 Å². The average molecular weight is 311 g/mol. The van der Waals surface area contributed by atoms with Gasteiger partial charge >= 0.3 is 17.9 Å². The summed E-state index contributed by atoms with van der Waals surface area (Å²) in [6.45, 7) is 3.73. The van der Waals surface area contributed by atoms with Gasteiger partial charge in [-0.3, -0.25) is 14.4 Å². The van der Waals surface area contributed by atoms with E-state index in [1.807, 2.05) is 0 Å². The summed E-state index contributed by atoms with van der Waals surface area (Å²) in [5.74, 6) is -4.38. The van der Waals surface area contributed by atoms with E-state index in [-0.39, 0.29) is 12.3 Å². The van der Waals surface area contributed by atoms with Crippen molar-refractivity contribution < 1.29 is 29.7 Å². The Morgan fingerprint density at radius 2 is 1.91 bits per heavy atom. The van der Waals surface area contributed by atoms with Gasteiger partial charge in [0.2, 0.25) is 0 Å². The molecule has 1 saturated heterocycles. The first-order valence-electron chi connectivity index (χ1n) is 6.99. The molecule has 0 radical (unpaired) electrons. The predicted molar refractivity (Wildman–Crippen MR) is 78.4 cm³/mol. The smallest absolute Gasteiger partial charge is 0.321 e. The Morgan fingerprint density at radius 1 is 1.27 bits per heavy atom. The van der Waals surface area contributed by atoms with E-state index in [0.29, 0.717) is 6.54 Å². The molecule has 4 atom stereocenters. The highest BCUT2D eigenvalue weighted by molar-refractivity contribution is 5.76. The van der Waals surface area contributed by atoms with Crippen molar-refractivity contribution in [3.8, 4) is 0 Å². The van der Waals surface area contributed by atoms with E-state index in [0.717, 1.165) is 5.57 Å². The maximum absolute atomic E-state index is 11.2. The summed E-state index contributed by atoms with van der Waals surface area (Å²) in [5.41, 5.74) is 0.830. The van der Waals surface area contributed by atoms with Crippen LogP contribution in [0.1, 0.15) is 20.3 Å². The molecule has 0 saturated carbocycles. The SMILES string of the molecule is C/C(=C\C=C/[C@H](C)C(=O)O)[C@H]1CN[C@H](C(=O)O)[C@H]1CC(=O)O. The molecule has 0 aromatic heterocycles. The fourth-order valence-corrected chi connectivity index (χ4v) is 2.60. The Bertz CT molecular complexity index is 510. The van der Waals surface area contributed by atoms with Crippen molar-refractivity contribution in [2.45, 2.75) is 26.3 Å². The summed E-state index contributed by atoms with van der Waals surface area (Å²) in [4.78, 5) is 32.8. The molecular formula is C15H21NO6. The first-order chi connectivity index (χ1) is 10.2. The van der Waals surface area contributed by atoms with Crippen molar-refractivity contribution in [3.05, 3.63) is 23.8 Å². The van der Waals surface area contributed by atoms with Crippen LogP contribution in [0.3, 0.4) is 0 Å². The Kier molecular flexibility index (Phi) is 6.30. The number of hydrogen-bond donors (Lipinski definition) is 4. The molecule has 0 aromatic rings. The van der Waals surface area contributed by atoms with Gasteiger partial charge in [-0.2, -0.15) is 0 Å². The Balaban J connectivity index is 2.85. The molecule has 0 bridgehead atoms. The van der Waals surface area contributed by atoms with E-state index in [1.54, 1.807) is 26.0 Å². The van der Waals surface area contributed by atoms with Gasteiger partial charge in [0.15, 0.2) is 0 Å². The van der Waals surface area contributed by atoms with Gasteiger partial charge in [0, 0.05) is 12.5 Å². The molecule has 4 N–H and O–H groups in total. The van der Waals surface area contributed by atoms with Crippen molar-refractivity contribution in [1.82, 2.24) is 5.32 Å². The molecule has 0 aromatic carbocycles. The van der Waals surface area contributed by atoms with Gasteiger partial charge in [0.25, 0.3) is 0 Å². The zero-order chi connectivity index (χ0) is 16.9. The van der Waals surface area contributed by atoms with Gasteiger partial charge in [-0.1, -0.05) is 23.8 Å². The first kappa shape index (κ1) is 17.9. The normalized spacial score (nSPS) is 27.0. The van der Waals surface area contributed by atoms with Gasteiger partial charge < -0.3 is 20.6 Å². The lowest BCUT2D eigenvalue weighted by Crippen LogP contribution is -2.36. The average Bonchev–Trinajstić information content (AvgIpc) is 2.81. The van der Waals surface area contributed by atoms with Crippen LogP contribution in [0.5, 0.6) is 0 Å². The third-order valence-electron chi connectivity index (χ3n) is 3.91. The van der Waals surface area contributed by atoms with Gasteiger partial charge in [0.1, 0.15) is 6.04 Å². The molecule has 0 spiro atoms. The number of rotatable bonds is 7.